The lowest BCUT2D eigenvalue weighted by atomic mass is 9.91. The smallest absolute Gasteiger partial charge is 0.233 e. The molecule has 0 atom stereocenters. The number of anilines is 1. The molecule has 1 aromatic rings. The molecule has 0 bridgehead atoms. The predicted octanol–water partition coefficient (Wildman–Crippen LogP) is 1.57. The minimum atomic E-state index is 0.0374. The molecular formula is C15H24N4O2. The molecule has 2 heterocycles. The maximum Gasteiger partial charge on any atom is 0.233 e. The molecule has 1 aromatic heterocycles. The number of methoxy groups -OCH3 is 1. The third kappa shape index (κ3) is 4.31. The SMILES string of the molecule is COc1ccc(N2CCN(C(=O)CC(C)(C)C)CC2)nn1. The van der Waals surface area contributed by atoms with E-state index in [4.69, 9.17) is 4.74 Å². The van der Waals surface area contributed by atoms with Crippen molar-refractivity contribution in [1.82, 2.24) is 15.1 Å². The zero-order valence-corrected chi connectivity index (χ0v) is 13.3. The second-order valence-corrected chi connectivity index (χ2v) is 6.54. The van der Waals surface area contributed by atoms with Crippen LogP contribution in [-0.4, -0.2) is 54.3 Å². The van der Waals surface area contributed by atoms with Crippen molar-refractivity contribution in [2.24, 2.45) is 5.41 Å². The van der Waals surface area contributed by atoms with Crippen LogP contribution < -0.4 is 9.64 Å². The lowest BCUT2D eigenvalue weighted by Gasteiger charge is -2.36. The largest absolute Gasteiger partial charge is 0.480 e. The number of piperazine rings is 1. The van der Waals surface area contributed by atoms with Gasteiger partial charge in [-0.3, -0.25) is 4.79 Å². The first-order valence-corrected chi connectivity index (χ1v) is 7.29. The molecule has 116 valence electrons. The van der Waals surface area contributed by atoms with Gasteiger partial charge in [-0.1, -0.05) is 20.8 Å². The first-order chi connectivity index (χ1) is 9.89. The average molecular weight is 292 g/mol. The fourth-order valence-corrected chi connectivity index (χ4v) is 2.34. The number of aromatic nitrogens is 2. The summed E-state index contributed by atoms with van der Waals surface area (Å²) in [6.45, 7) is 9.33. The molecule has 2 rings (SSSR count). The monoisotopic (exact) mass is 292 g/mol. The van der Waals surface area contributed by atoms with Gasteiger partial charge >= 0.3 is 0 Å². The second kappa shape index (κ2) is 6.28. The predicted molar refractivity (Wildman–Crippen MR) is 81.4 cm³/mol. The van der Waals surface area contributed by atoms with Crippen molar-refractivity contribution < 1.29 is 9.53 Å². The summed E-state index contributed by atoms with van der Waals surface area (Å²) in [5.74, 6) is 1.58. The summed E-state index contributed by atoms with van der Waals surface area (Å²) in [6, 6.07) is 3.71. The molecule has 1 aliphatic heterocycles. The number of amides is 1. The van der Waals surface area contributed by atoms with Gasteiger partial charge in [-0.15, -0.1) is 10.2 Å². The molecule has 0 spiro atoms. The summed E-state index contributed by atoms with van der Waals surface area (Å²) < 4.78 is 5.01. The molecule has 1 amide bonds. The van der Waals surface area contributed by atoms with E-state index >= 15 is 0 Å². The third-order valence-corrected chi connectivity index (χ3v) is 3.47. The Morgan fingerprint density at radius 1 is 1.19 bits per heavy atom. The molecule has 1 fully saturated rings. The van der Waals surface area contributed by atoms with Crippen LogP contribution in [0, 0.1) is 5.41 Å². The van der Waals surface area contributed by atoms with Crippen LogP contribution in [-0.2, 0) is 4.79 Å². The zero-order chi connectivity index (χ0) is 15.5. The summed E-state index contributed by atoms with van der Waals surface area (Å²) in [5.41, 5.74) is 0.0374. The van der Waals surface area contributed by atoms with Crippen LogP contribution in [0.3, 0.4) is 0 Å². The summed E-state index contributed by atoms with van der Waals surface area (Å²) in [5, 5.41) is 8.13. The maximum atomic E-state index is 12.2. The number of ether oxygens (including phenoxy) is 1. The Bertz CT molecular complexity index is 473. The van der Waals surface area contributed by atoms with E-state index in [9.17, 15) is 4.79 Å². The minimum absolute atomic E-state index is 0.0374. The Morgan fingerprint density at radius 2 is 1.86 bits per heavy atom. The van der Waals surface area contributed by atoms with Crippen molar-refractivity contribution in [3.63, 3.8) is 0 Å². The fourth-order valence-electron chi connectivity index (χ4n) is 2.34. The van der Waals surface area contributed by atoms with Crippen molar-refractivity contribution in [3.8, 4) is 5.88 Å². The van der Waals surface area contributed by atoms with E-state index in [1.54, 1.807) is 13.2 Å². The van der Waals surface area contributed by atoms with Crippen molar-refractivity contribution in [3.05, 3.63) is 12.1 Å². The van der Waals surface area contributed by atoms with Crippen LogP contribution in [0.25, 0.3) is 0 Å². The first-order valence-electron chi connectivity index (χ1n) is 7.29. The number of carbonyl (C=O) groups excluding carboxylic acids is 1. The van der Waals surface area contributed by atoms with E-state index in [2.05, 4.69) is 35.9 Å². The number of rotatable bonds is 3. The third-order valence-electron chi connectivity index (χ3n) is 3.47. The lowest BCUT2D eigenvalue weighted by Crippen LogP contribution is -2.49. The van der Waals surface area contributed by atoms with Gasteiger partial charge in [0.15, 0.2) is 5.82 Å². The second-order valence-electron chi connectivity index (χ2n) is 6.54. The highest BCUT2D eigenvalue weighted by Gasteiger charge is 2.25. The van der Waals surface area contributed by atoms with Crippen LogP contribution in [0.15, 0.2) is 12.1 Å². The van der Waals surface area contributed by atoms with Crippen LogP contribution >= 0.6 is 0 Å². The molecule has 0 saturated carbocycles. The van der Waals surface area contributed by atoms with Crippen molar-refractivity contribution in [1.29, 1.82) is 0 Å². The molecule has 6 nitrogen and oxygen atoms in total. The molecule has 1 aliphatic rings. The van der Waals surface area contributed by atoms with Gasteiger partial charge in [0.1, 0.15) is 0 Å². The molecule has 0 unspecified atom stereocenters. The molecule has 0 aromatic carbocycles. The highest BCUT2D eigenvalue weighted by Crippen LogP contribution is 2.21. The number of carbonyl (C=O) groups is 1. The van der Waals surface area contributed by atoms with Gasteiger partial charge in [0.2, 0.25) is 11.8 Å². The van der Waals surface area contributed by atoms with Gasteiger partial charge in [0.05, 0.1) is 7.11 Å². The summed E-state index contributed by atoms with van der Waals surface area (Å²) in [7, 11) is 1.57. The van der Waals surface area contributed by atoms with E-state index in [1.165, 1.54) is 0 Å². The van der Waals surface area contributed by atoms with Crippen LogP contribution in [0.1, 0.15) is 27.2 Å². The topological polar surface area (TPSA) is 58.6 Å². The van der Waals surface area contributed by atoms with Gasteiger partial charge in [-0.2, -0.15) is 0 Å². The molecular weight excluding hydrogens is 268 g/mol. The summed E-state index contributed by atoms with van der Waals surface area (Å²) in [4.78, 5) is 16.3. The first kappa shape index (κ1) is 15.5. The Hall–Kier alpha value is -1.85. The lowest BCUT2D eigenvalue weighted by molar-refractivity contribution is -0.133. The molecule has 1 saturated heterocycles. The molecule has 21 heavy (non-hydrogen) atoms. The normalized spacial score (nSPS) is 16.0. The van der Waals surface area contributed by atoms with Crippen LogP contribution in [0.4, 0.5) is 5.82 Å². The van der Waals surface area contributed by atoms with Crippen molar-refractivity contribution in [2.75, 3.05) is 38.2 Å². The minimum Gasteiger partial charge on any atom is -0.480 e. The fraction of sp³-hybridized carbons (Fsp3) is 0.667. The van der Waals surface area contributed by atoms with Crippen molar-refractivity contribution >= 4 is 11.7 Å². The van der Waals surface area contributed by atoms with Gasteiger partial charge in [0, 0.05) is 38.7 Å². The van der Waals surface area contributed by atoms with Crippen molar-refractivity contribution in [2.45, 2.75) is 27.2 Å². The van der Waals surface area contributed by atoms with E-state index in [0.717, 1.165) is 32.0 Å². The highest BCUT2D eigenvalue weighted by atomic mass is 16.5. The van der Waals surface area contributed by atoms with E-state index in [-0.39, 0.29) is 11.3 Å². The number of hydrogen-bond donors (Lipinski definition) is 0. The molecule has 0 N–H and O–H groups in total. The standard InChI is InChI=1S/C15H24N4O2/c1-15(2,3)11-14(20)19-9-7-18(8-10-19)12-5-6-13(21-4)17-16-12/h5-6H,7-11H2,1-4H3. The van der Waals surface area contributed by atoms with Crippen LogP contribution in [0.5, 0.6) is 5.88 Å². The Morgan fingerprint density at radius 3 is 2.33 bits per heavy atom. The highest BCUT2D eigenvalue weighted by molar-refractivity contribution is 5.77. The summed E-state index contributed by atoms with van der Waals surface area (Å²) >= 11 is 0. The summed E-state index contributed by atoms with van der Waals surface area (Å²) in [6.07, 6.45) is 0.593. The maximum absolute atomic E-state index is 12.2. The average Bonchev–Trinajstić information content (AvgIpc) is 2.46. The number of nitrogens with zero attached hydrogens (tertiary/aromatic N) is 4. The number of hydrogen-bond acceptors (Lipinski definition) is 5. The Balaban J connectivity index is 1.89. The van der Waals surface area contributed by atoms with E-state index < -0.39 is 0 Å². The van der Waals surface area contributed by atoms with Gasteiger partial charge in [-0.05, 0) is 11.5 Å². The quantitative estimate of drug-likeness (QED) is 0.846. The Kier molecular flexibility index (Phi) is 4.65. The zero-order valence-electron chi connectivity index (χ0n) is 13.3. The van der Waals surface area contributed by atoms with Crippen LogP contribution in [0.2, 0.25) is 0 Å². The molecule has 0 radical (unpaired) electrons. The van der Waals surface area contributed by atoms with E-state index in [1.807, 2.05) is 11.0 Å². The van der Waals surface area contributed by atoms with E-state index in [0.29, 0.717) is 12.3 Å². The molecule has 0 aliphatic carbocycles. The van der Waals surface area contributed by atoms with Gasteiger partial charge in [-0.25, -0.2) is 0 Å². The Labute approximate surface area is 126 Å². The molecule has 6 heteroatoms. The van der Waals surface area contributed by atoms with Gasteiger partial charge in [0.25, 0.3) is 0 Å². The van der Waals surface area contributed by atoms with Gasteiger partial charge < -0.3 is 14.5 Å².